The molecule has 4 aliphatic rings. The number of unbranched alkanes of at least 4 members (excludes halogenated alkanes) is 1. The lowest BCUT2D eigenvalue weighted by molar-refractivity contribution is -0.0581. The van der Waals surface area contributed by atoms with E-state index in [2.05, 4.69) is 52.9 Å². The number of amides is 1. The summed E-state index contributed by atoms with van der Waals surface area (Å²) in [7, 11) is 0. The van der Waals surface area contributed by atoms with Gasteiger partial charge in [0.25, 0.3) is 0 Å². The number of nitrogens with one attached hydrogen (secondary N) is 1. The molecular weight excluding hydrogens is 430 g/mol. The number of carbonyl (C=O) groups excluding carboxylic acids is 1. The molecule has 0 spiro atoms. The largest absolute Gasteiger partial charge is 0.446 e. The highest BCUT2D eigenvalue weighted by Crippen LogP contribution is 2.67. The van der Waals surface area contributed by atoms with Crippen LogP contribution in [0.1, 0.15) is 125 Å². The molecule has 0 saturated heterocycles. The summed E-state index contributed by atoms with van der Waals surface area (Å²) in [4.78, 5) is 12.2. The van der Waals surface area contributed by atoms with Crippen LogP contribution in [0.4, 0.5) is 4.79 Å². The number of ether oxygens (including phenoxy) is 1. The summed E-state index contributed by atoms with van der Waals surface area (Å²) in [6.45, 7) is 15.4. The van der Waals surface area contributed by atoms with E-state index in [1.54, 1.807) is 5.57 Å². The van der Waals surface area contributed by atoms with Gasteiger partial charge in [0.1, 0.15) is 6.10 Å². The maximum atomic E-state index is 12.2. The van der Waals surface area contributed by atoms with Crippen molar-refractivity contribution in [2.24, 2.45) is 46.3 Å². The van der Waals surface area contributed by atoms with Crippen LogP contribution in [0.25, 0.3) is 0 Å². The molecule has 0 bridgehead atoms. The van der Waals surface area contributed by atoms with Crippen molar-refractivity contribution in [1.82, 2.24) is 5.32 Å². The van der Waals surface area contributed by atoms with Gasteiger partial charge in [0.05, 0.1) is 0 Å². The van der Waals surface area contributed by atoms with Crippen molar-refractivity contribution in [1.29, 1.82) is 0 Å². The van der Waals surface area contributed by atoms with Crippen LogP contribution in [-0.4, -0.2) is 18.7 Å². The minimum atomic E-state index is -0.214. The molecule has 4 rings (SSSR count). The number of alkyl carbamates (subject to hydrolysis) is 1. The van der Waals surface area contributed by atoms with Crippen LogP contribution in [0.2, 0.25) is 0 Å². The molecule has 0 radical (unpaired) electrons. The molecule has 0 aromatic carbocycles. The van der Waals surface area contributed by atoms with Gasteiger partial charge in [-0.25, -0.2) is 4.79 Å². The molecule has 35 heavy (non-hydrogen) atoms. The fraction of sp³-hybridized carbons (Fsp3) is 0.906. The molecule has 0 unspecified atom stereocenters. The highest BCUT2D eigenvalue weighted by molar-refractivity contribution is 5.67. The first-order valence-electron chi connectivity index (χ1n) is 15.3. The summed E-state index contributed by atoms with van der Waals surface area (Å²) in [5.74, 6) is 5.24. The quantitative estimate of drug-likeness (QED) is 0.261. The van der Waals surface area contributed by atoms with Gasteiger partial charge in [0, 0.05) is 13.0 Å². The average molecular weight is 486 g/mol. The highest BCUT2D eigenvalue weighted by atomic mass is 16.6. The third-order valence-corrected chi connectivity index (χ3v) is 11.3. The van der Waals surface area contributed by atoms with E-state index in [4.69, 9.17) is 4.74 Å². The Morgan fingerprint density at radius 1 is 1.06 bits per heavy atom. The zero-order valence-corrected chi connectivity index (χ0v) is 23.8. The lowest BCUT2D eigenvalue weighted by Gasteiger charge is -2.58. The van der Waals surface area contributed by atoms with Gasteiger partial charge in [-0.2, -0.15) is 0 Å². The Bertz CT molecular complexity index is 759. The van der Waals surface area contributed by atoms with Crippen LogP contribution in [0.5, 0.6) is 0 Å². The predicted octanol–water partition coefficient (Wildman–Crippen LogP) is 8.92. The van der Waals surface area contributed by atoms with E-state index < -0.39 is 0 Å². The Labute approximate surface area is 216 Å². The van der Waals surface area contributed by atoms with Crippen molar-refractivity contribution >= 4 is 6.09 Å². The maximum Gasteiger partial charge on any atom is 0.407 e. The zero-order chi connectivity index (χ0) is 25.2. The number of hydrogen-bond donors (Lipinski definition) is 1. The SMILES string of the molecule is CCCCNC(=O)O[C@H]1CC[C@@]2(C)C(=CC[C@H]3[C@@H]4CC[C@H]([C@H](C)CCCC(C)C)[C@@]4(C)CC[C@@H]32)C1. The first-order valence-corrected chi connectivity index (χ1v) is 15.3. The molecule has 8 atom stereocenters. The molecule has 4 aliphatic carbocycles. The second-order valence-corrected chi connectivity index (χ2v) is 13.8. The molecule has 3 fully saturated rings. The highest BCUT2D eigenvalue weighted by Gasteiger charge is 2.59. The fourth-order valence-electron chi connectivity index (χ4n) is 9.31. The molecule has 0 aromatic heterocycles. The Hall–Kier alpha value is -0.990. The standard InChI is InChI=1S/C32H55NO2/c1-7-8-20-33-30(34)35-25-16-18-31(5)24(21-25)12-13-26-28-15-14-27(23(4)11-9-10-22(2)3)32(28,6)19-17-29(26)31/h12,22-23,25-29H,7-11,13-21H2,1-6H3,(H,33,34)/t23-,25+,26+,27-,28+,29+,31+,32-/m1/s1. The van der Waals surface area contributed by atoms with Gasteiger partial charge in [-0.1, -0.05) is 78.9 Å². The summed E-state index contributed by atoms with van der Waals surface area (Å²) in [5.41, 5.74) is 2.48. The van der Waals surface area contributed by atoms with Gasteiger partial charge < -0.3 is 10.1 Å². The Morgan fingerprint density at radius 2 is 1.86 bits per heavy atom. The first kappa shape index (κ1) is 27.1. The average Bonchev–Trinajstić information content (AvgIpc) is 3.16. The minimum Gasteiger partial charge on any atom is -0.446 e. The normalized spacial score (nSPS) is 39.3. The fourth-order valence-corrected chi connectivity index (χ4v) is 9.31. The molecule has 1 N–H and O–H groups in total. The Balaban J connectivity index is 1.39. The molecule has 200 valence electrons. The van der Waals surface area contributed by atoms with Crippen molar-refractivity contribution < 1.29 is 9.53 Å². The lowest BCUT2D eigenvalue weighted by atomic mass is 9.47. The van der Waals surface area contributed by atoms with E-state index in [1.807, 2.05) is 0 Å². The van der Waals surface area contributed by atoms with Crippen molar-refractivity contribution in [2.45, 2.75) is 131 Å². The smallest absolute Gasteiger partial charge is 0.407 e. The van der Waals surface area contributed by atoms with Crippen molar-refractivity contribution in [3.05, 3.63) is 11.6 Å². The van der Waals surface area contributed by atoms with Crippen molar-refractivity contribution in [3.8, 4) is 0 Å². The van der Waals surface area contributed by atoms with Crippen LogP contribution in [0.3, 0.4) is 0 Å². The van der Waals surface area contributed by atoms with E-state index in [-0.39, 0.29) is 12.2 Å². The molecular formula is C32H55NO2. The molecule has 0 aromatic rings. The summed E-state index contributed by atoms with van der Waals surface area (Å²) < 4.78 is 5.85. The second-order valence-electron chi connectivity index (χ2n) is 13.8. The molecule has 3 saturated carbocycles. The van der Waals surface area contributed by atoms with Gasteiger partial charge in [0.15, 0.2) is 0 Å². The van der Waals surface area contributed by atoms with Crippen LogP contribution >= 0.6 is 0 Å². The van der Waals surface area contributed by atoms with E-state index in [9.17, 15) is 4.79 Å². The zero-order valence-electron chi connectivity index (χ0n) is 23.8. The molecule has 0 aliphatic heterocycles. The third kappa shape index (κ3) is 5.49. The number of carbonyl (C=O) groups is 1. The van der Waals surface area contributed by atoms with E-state index in [1.165, 1.54) is 57.8 Å². The molecule has 1 amide bonds. The number of allylic oxidation sites excluding steroid dienone is 1. The van der Waals surface area contributed by atoms with Crippen LogP contribution in [0, 0.1) is 46.3 Å². The number of rotatable bonds is 9. The second kappa shape index (κ2) is 11.2. The van der Waals surface area contributed by atoms with Crippen LogP contribution in [0.15, 0.2) is 11.6 Å². The minimum absolute atomic E-state index is 0.0592. The molecule has 3 heteroatoms. The summed E-state index contributed by atoms with van der Waals surface area (Å²) in [6.07, 6.45) is 19.0. The van der Waals surface area contributed by atoms with Gasteiger partial charge in [-0.05, 0) is 97.7 Å². The third-order valence-electron chi connectivity index (χ3n) is 11.3. The van der Waals surface area contributed by atoms with E-state index in [0.717, 1.165) is 67.7 Å². The van der Waals surface area contributed by atoms with Gasteiger partial charge in [-0.15, -0.1) is 0 Å². The van der Waals surface area contributed by atoms with Gasteiger partial charge in [-0.3, -0.25) is 0 Å². The van der Waals surface area contributed by atoms with Crippen LogP contribution < -0.4 is 5.32 Å². The van der Waals surface area contributed by atoms with E-state index in [0.29, 0.717) is 10.8 Å². The Kier molecular flexibility index (Phi) is 8.64. The molecule has 0 heterocycles. The Morgan fingerprint density at radius 3 is 2.60 bits per heavy atom. The van der Waals surface area contributed by atoms with Crippen molar-refractivity contribution in [2.75, 3.05) is 6.54 Å². The first-order chi connectivity index (χ1) is 16.7. The molecule has 3 nitrogen and oxygen atoms in total. The van der Waals surface area contributed by atoms with Crippen LogP contribution in [-0.2, 0) is 4.74 Å². The lowest BCUT2D eigenvalue weighted by Crippen LogP contribution is -2.51. The summed E-state index contributed by atoms with van der Waals surface area (Å²) >= 11 is 0. The number of fused-ring (bicyclic) bond motifs is 5. The predicted molar refractivity (Wildman–Crippen MR) is 146 cm³/mol. The van der Waals surface area contributed by atoms with Crippen molar-refractivity contribution in [3.63, 3.8) is 0 Å². The topological polar surface area (TPSA) is 38.3 Å². The van der Waals surface area contributed by atoms with Gasteiger partial charge >= 0.3 is 6.09 Å². The van der Waals surface area contributed by atoms with Gasteiger partial charge in [0.2, 0.25) is 0 Å². The maximum absolute atomic E-state index is 12.2. The summed E-state index contributed by atoms with van der Waals surface area (Å²) in [5, 5.41) is 2.94. The monoisotopic (exact) mass is 485 g/mol. The summed E-state index contributed by atoms with van der Waals surface area (Å²) in [6, 6.07) is 0. The number of hydrogen-bond acceptors (Lipinski definition) is 2. The van der Waals surface area contributed by atoms with E-state index >= 15 is 0 Å².